The number of ether oxygens (including phenoxy) is 1. The Hall–Kier alpha value is -3.14. The van der Waals surface area contributed by atoms with Crippen molar-refractivity contribution in [2.24, 2.45) is 0 Å². The lowest BCUT2D eigenvalue weighted by molar-refractivity contribution is 0.0678. The molecule has 2 aromatic heterocycles. The van der Waals surface area contributed by atoms with E-state index < -0.39 is 17.9 Å². The topological polar surface area (TPSA) is 150 Å². The molecule has 0 bridgehead atoms. The number of nitrogens with zero attached hydrogens (tertiary/aromatic N) is 1. The summed E-state index contributed by atoms with van der Waals surface area (Å²) in [6.07, 6.45) is 0. The minimum absolute atomic E-state index is 0.0556. The van der Waals surface area contributed by atoms with Crippen molar-refractivity contribution in [2.75, 3.05) is 7.11 Å². The third-order valence-corrected chi connectivity index (χ3v) is 4.41. The number of hydrogen-bond donors (Lipinski definition) is 4. The molecule has 1 aromatic carbocycles. The molecule has 25 heavy (non-hydrogen) atoms. The molecule has 0 aliphatic heterocycles. The van der Waals surface area contributed by atoms with Crippen LogP contribution in [0, 0.1) is 0 Å². The number of nitrogens with one attached hydrogen (secondary N) is 1. The predicted molar refractivity (Wildman–Crippen MR) is 88.7 cm³/mol. The minimum atomic E-state index is -1.38. The molecule has 0 fully saturated rings. The number of pyridine rings is 1. The van der Waals surface area contributed by atoms with Crippen molar-refractivity contribution >= 4 is 55.6 Å². The Bertz CT molecular complexity index is 1090. The van der Waals surface area contributed by atoms with Crippen molar-refractivity contribution in [3.8, 4) is 5.75 Å². The van der Waals surface area contributed by atoms with Gasteiger partial charge in [-0.2, -0.15) is 0 Å². The van der Waals surface area contributed by atoms with E-state index in [0.717, 1.165) is 6.07 Å². The summed E-state index contributed by atoms with van der Waals surface area (Å²) in [7, 11) is 1.32. The Morgan fingerprint density at radius 1 is 1.12 bits per heavy atom. The maximum Gasteiger partial charge on any atom is 0.354 e. The number of aromatic nitrogens is 2. The van der Waals surface area contributed by atoms with Gasteiger partial charge in [0.05, 0.1) is 28.2 Å². The van der Waals surface area contributed by atoms with E-state index >= 15 is 0 Å². The van der Waals surface area contributed by atoms with E-state index in [-0.39, 0.29) is 39.1 Å². The monoisotopic (exact) mass is 408 g/mol. The first kappa shape index (κ1) is 16.7. The quantitative estimate of drug-likeness (QED) is 0.514. The number of halogens is 1. The van der Waals surface area contributed by atoms with E-state index in [2.05, 4.69) is 25.9 Å². The lowest BCUT2D eigenvalue weighted by atomic mass is 10.0. The molecular formula is C15H9BrN2O7. The van der Waals surface area contributed by atoms with E-state index in [1.165, 1.54) is 13.2 Å². The Morgan fingerprint density at radius 3 is 2.32 bits per heavy atom. The van der Waals surface area contributed by atoms with Crippen molar-refractivity contribution < 1.29 is 34.4 Å². The van der Waals surface area contributed by atoms with Gasteiger partial charge in [-0.3, -0.25) is 0 Å². The predicted octanol–water partition coefficient (Wildman–Crippen LogP) is 2.58. The summed E-state index contributed by atoms with van der Waals surface area (Å²) in [5.74, 6) is -3.88. The lowest BCUT2D eigenvalue weighted by Gasteiger charge is -2.13. The second-order valence-electron chi connectivity index (χ2n) is 5.01. The van der Waals surface area contributed by atoms with E-state index in [1.54, 1.807) is 0 Å². The number of methoxy groups -OCH3 is 1. The van der Waals surface area contributed by atoms with Crippen LogP contribution in [0.3, 0.4) is 0 Å². The average Bonchev–Trinajstić information content (AvgIpc) is 2.99. The third-order valence-electron chi connectivity index (χ3n) is 3.62. The van der Waals surface area contributed by atoms with E-state index in [9.17, 15) is 24.6 Å². The first-order valence-electron chi connectivity index (χ1n) is 6.69. The van der Waals surface area contributed by atoms with E-state index in [1.807, 2.05) is 0 Å². The summed E-state index contributed by atoms with van der Waals surface area (Å²) in [4.78, 5) is 40.8. The molecule has 0 spiro atoms. The molecule has 128 valence electrons. The van der Waals surface area contributed by atoms with Crippen LogP contribution in [0.5, 0.6) is 5.75 Å². The van der Waals surface area contributed by atoms with Crippen LogP contribution >= 0.6 is 15.9 Å². The number of carboxylic acids is 3. The smallest absolute Gasteiger partial charge is 0.354 e. The Kier molecular flexibility index (Phi) is 3.84. The Balaban J connectivity index is 2.64. The van der Waals surface area contributed by atoms with Crippen LogP contribution in [0.4, 0.5) is 0 Å². The molecule has 10 heteroatoms. The highest BCUT2D eigenvalue weighted by Gasteiger charge is 2.25. The molecule has 0 aliphatic rings. The van der Waals surface area contributed by atoms with Crippen LogP contribution in [-0.4, -0.2) is 50.3 Å². The molecule has 0 aliphatic carbocycles. The molecule has 0 unspecified atom stereocenters. The maximum absolute atomic E-state index is 11.7. The minimum Gasteiger partial charge on any atom is -0.493 e. The van der Waals surface area contributed by atoms with Gasteiger partial charge in [-0.15, -0.1) is 0 Å². The standard InChI is InChI=1S/C15H9BrN2O7/c1-25-12-9(16)5-3-7(15(23)24)17-10(5)8-4(13(19)20)2-6(14(21)22)18-11(8)12/h2-3,18H,1H3,(H,19,20)(H,21,22)(H,23,24). The number of hydrogen-bond acceptors (Lipinski definition) is 5. The molecule has 2 heterocycles. The number of carboxylic acid groups (broad SMARTS) is 3. The summed E-state index contributed by atoms with van der Waals surface area (Å²) in [6.45, 7) is 0. The zero-order valence-electron chi connectivity index (χ0n) is 12.5. The largest absolute Gasteiger partial charge is 0.493 e. The van der Waals surface area contributed by atoms with Gasteiger partial charge >= 0.3 is 17.9 Å². The van der Waals surface area contributed by atoms with Gasteiger partial charge in [-0.25, -0.2) is 19.4 Å². The second-order valence-corrected chi connectivity index (χ2v) is 5.81. The first-order chi connectivity index (χ1) is 11.8. The van der Waals surface area contributed by atoms with Crippen molar-refractivity contribution in [2.45, 2.75) is 0 Å². The van der Waals surface area contributed by atoms with Crippen LogP contribution in [-0.2, 0) is 0 Å². The number of fused-ring (bicyclic) bond motifs is 3. The number of H-pyrrole nitrogens is 1. The van der Waals surface area contributed by atoms with Crippen LogP contribution in [0.25, 0.3) is 21.8 Å². The summed E-state index contributed by atoms with van der Waals surface area (Å²) >= 11 is 3.28. The number of aromatic carboxylic acids is 3. The Labute approximate surface area is 147 Å². The van der Waals surface area contributed by atoms with E-state index in [4.69, 9.17) is 9.84 Å². The van der Waals surface area contributed by atoms with Crippen LogP contribution in [0.2, 0.25) is 0 Å². The number of aromatic amines is 1. The summed E-state index contributed by atoms with van der Waals surface area (Å²) in [6, 6.07) is 2.23. The van der Waals surface area contributed by atoms with Crippen molar-refractivity contribution in [1.29, 1.82) is 0 Å². The third kappa shape index (κ3) is 2.47. The van der Waals surface area contributed by atoms with Gasteiger partial charge in [0.15, 0.2) is 5.75 Å². The normalized spacial score (nSPS) is 11.0. The van der Waals surface area contributed by atoms with Gasteiger partial charge < -0.3 is 25.0 Å². The zero-order valence-corrected chi connectivity index (χ0v) is 14.0. The lowest BCUT2D eigenvalue weighted by Crippen LogP contribution is -2.07. The van der Waals surface area contributed by atoms with Crippen molar-refractivity contribution in [3.63, 3.8) is 0 Å². The molecular weight excluding hydrogens is 400 g/mol. The summed E-state index contributed by atoms with van der Waals surface area (Å²) in [5.41, 5.74) is -0.791. The average molecular weight is 409 g/mol. The molecule has 0 saturated heterocycles. The van der Waals surface area contributed by atoms with Gasteiger partial charge in [0.1, 0.15) is 11.4 Å². The molecule has 3 aromatic rings. The van der Waals surface area contributed by atoms with Gasteiger partial charge in [0.2, 0.25) is 0 Å². The SMILES string of the molecule is COc1c(Br)c2cc(C(=O)O)nc2c2c(C(=O)O)cc(C(=O)O)[nH]c12. The van der Waals surface area contributed by atoms with Crippen LogP contribution in [0.15, 0.2) is 16.6 Å². The highest BCUT2D eigenvalue weighted by atomic mass is 79.9. The first-order valence-corrected chi connectivity index (χ1v) is 7.48. The molecule has 3 rings (SSSR count). The fourth-order valence-electron chi connectivity index (χ4n) is 2.59. The Morgan fingerprint density at radius 2 is 1.80 bits per heavy atom. The molecule has 4 N–H and O–H groups in total. The van der Waals surface area contributed by atoms with Gasteiger partial charge in [-0.05, 0) is 28.1 Å². The number of carbonyl (C=O) groups is 3. The van der Waals surface area contributed by atoms with Crippen molar-refractivity contribution in [3.05, 3.63) is 33.6 Å². The van der Waals surface area contributed by atoms with Crippen LogP contribution in [0.1, 0.15) is 31.3 Å². The summed E-state index contributed by atoms with van der Waals surface area (Å²) in [5, 5.41) is 28.2. The number of rotatable bonds is 4. The molecule has 0 atom stereocenters. The highest BCUT2D eigenvalue weighted by molar-refractivity contribution is 9.10. The molecule has 0 saturated carbocycles. The fourth-order valence-corrected chi connectivity index (χ4v) is 3.26. The molecule has 0 amide bonds. The second kappa shape index (κ2) is 5.74. The molecule has 0 radical (unpaired) electrons. The fraction of sp³-hybridized carbons (Fsp3) is 0.0667. The summed E-state index contributed by atoms with van der Waals surface area (Å²) < 4.78 is 5.59. The zero-order chi connectivity index (χ0) is 18.5. The van der Waals surface area contributed by atoms with Crippen LogP contribution < -0.4 is 4.74 Å². The number of benzene rings is 1. The van der Waals surface area contributed by atoms with Crippen molar-refractivity contribution in [1.82, 2.24) is 9.97 Å². The van der Waals surface area contributed by atoms with Gasteiger partial charge in [0.25, 0.3) is 0 Å². The molecule has 9 nitrogen and oxygen atoms in total. The van der Waals surface area contributed by atoms with E-state index in [0.29, 0.717) is 9.86 Å². The van der Waals surface area contributed by atoms with Gasteiger partial charge in [0, 0.05) is 10.8 Å². The highest BCUT2D eigenvalue weighted by Crippen LogP contribution is 2.42. The maximum atomic E-state index is 11.7. The van der Waals surface area contributed by atoms with Gasteiger partial charge in [-0.1, -0.05) is 0 Å².